The second-order valence-corrected chi connectivity index (χ2v) is 4.66. The largest absolute Gasteiger partial charge is 0.456 e. The molecule has 0 atom stereocenters. The summed E-state index contributed by atoms with van der Waals surface area (Å²) in [5.74, 6) is 1.10. The molecule has 5 heteroatoms. The number of Topliss-reactive ketones (excluding diaryl/α,β-unsaturated/α-hetero) is 1. The Morgan fingerprint density at radius 1 is 1.28 bits per heavy atom. The maximum absolute atomic E-state index is 11.2. The molecule has 0 radical (unpaired) electrons. The highest BCUT2D eigenvalue weighted by Gasteiger charge is 2.06. The number of hydrogen-bond acceptors (Lipinski definition) is 4. The molecule has 0 aliphatic carbocycles. The van der Waals surface area contributed by atoms with Crippen molar-refractivity contribution in [3.63, 3.8) is 0 Å². The number of carbonyl (C=O) groups is 1. The van der Waals surface area contributed by atoms with Crippen LogP contribution in [-0.4, -0.2) is 10.8 Å². The molecule has 0 aliphatic heterocycles. The highest BCUT2D eigenvalue weighted by atomic mass is 79.9. The van der Waals surface area contributed by atoms with Gasteiger partial charge >= 0.3 is 0 Å². The Kier molecular flexibility index (Phi) is 3.62. The van der Waals surface area contributed by atoms with Crippen LogP contribution in [0.4, 0.5) is 5.69 Å². The first-order valence-electron chi connectivity index (χ1n) is 5.25. The van der Waals surface area contributed by atoms with Gasteiger partial charge in [0, 0.05) is 28.0 Å². The van der Waals surface area contributed by atoms with Crippen LogP contribution in [0.25, 0.3) is 0 Å². The van der Waals surface area contributed by atoms with Crippen LogP contribution in [0.15, 0.2) is 41.1 Å². The van der Waals surface area contributed by atoms with E-state index in [2.05, 4.69) is 20.9 Å². The minimum atomic E-state index is -0.0665. The average molecular weight is 307 g/mol. The van der Waals surface area contributed by atoms with Crippen molar-refractivity contribution in [2.45, 2.75) is 6.92 Å². The molecule has 0 spiro atoms. The summed E-state index contributed by atoms with van der Waals surface area (Å²) in [5, 5.41) is 0. The number of carbonyl (C=O) groups excluding carboxylic acids is 1. The number of aromatic nitrogens is 1. The molecule has 1 aromatic heterocycles. The summed E-state index contributed by atoms with van der Waals surface area (Å²) in [5.41, 5.74) is 6.68. The minimum absolute atomic E-state index is 0.0665. The van der Waals surface area contributed by atoms with Crippen LogP contribution < -0.4 is 10.5 Å². The van der Waals surface area contributed by atoms with Gasteiger partial charge in [-0.25, -0.2) is 0 Å². The second kappa shape index (κ2) is 5.18. The quantitative estimate of drug-likeness (QED) is 0.697. The van der Waals surface area contributed by atoms with Gasteiger partial charge in [0.25, 0.3) is 0 Å². The van der Waals surface area contributed by atoms with Gasteiger partial charge in [-0.1, -0.05) is 0 Å². The van der Waals surface area contributed by atoms with E-state index in [1.54, 1.807) is 36.7 Å². The van der Waals surface area contributed by atoms with Crippen LogP contribution in [0.5, 0.6) is 11.5 Å². The molecule has 0 bridgehead atoms. The maximum Gasteiger partial charge on any atom is 0.161 e. The Hall–Kier alpha value is -1.88. The molecule has 0 saturated heterocycles. The van der Waals surface area contributed by atoms with Crippen LogP contribution in [0.3, 0.4) is 0 Å². The molecular weight excluding hydrogens is 296 g/mol. The van der Waals surface area contributed by atoms with Crippen molar-refractivity contribution in [2.24, 2.45) is 0 Å². The first-order chi connectivity index (χ1) is 8.56. The highest BCUT2D eigenvalue weighted by Crippen LogP contribution is 2.26. The smallest absolute Gasteiger partial charge is 0.161 e. The fraction of sp³-hybridized carbons (Fsp3) is 0.0769. The third-order valence-corrected chi connectivity index (χ3v) is 2.75. The third-order valence-electron chi connectivity index (χ3n) is 2.32. The van der Waals surface area contributed by atoms with Crippen molar-refractivity contribution < 1.29 is 9.53 Å². The van der Waals surface area contributed by atoms with Crippen LogP contribution >= 0.6 is 15.9 Å². The van der Waals surface area contributed by atoms with E-state index in [0.29, 0.717) is 22.7 Å². The van der Waals surface area contributed by atoms with Crippen LogP contribution in [0.2, 0.25) is 0 Å². The molecule has 92 valence electrons. The topological polar surface area (TPSA) is 65.2 Å². The van der Waals surface area contributed by atoms with E-state index in [1.165, 1.54) is 6.92 Å². The average Bonchev–Trinajstić information content (AvgIpc) is 2.28. The molecule has 2 aromatic rings. The van der Waals surface area contributed by atoms with Gasteiger partial charge in [-0.2, -0.15) is 0 Å². The Bertz CT molecular complexity index is 599. The molecule has 2 N–H and O–H groups in total. The second-order valence-electron chi connectivity index (χ2n) is 3.75. The Morgan fingerprint density at radius 2 is 2.06 bits per heavy atom. The van der Waals surface area contributed by atoms with Gasteiger partial charge in [-0.05, 0) is 41.1 Å². The molecule has 0 saturated carbocycles. The van der Waals surface area contributed by atoms with Gasteiger partial charge in [-0.15, -0.1) is 0 Å². The molecule has 4 nitrogen and oxygen atoms in total. The number of hydrogen-bond donors (Lipinski definition) is 1. The third kappa shape index (κ3) is 2.87. The number of pyridine rings is 1. The molecule has 2 rings (SSSR count). The molecular formula is C13H11BrN2O2. The predicted octanol–water partition coefficient (Wildman–Crippen LogP) is 3.42. The number of nitrogens with zero attached hydrogens (tertiary/aromatic N) is 1. The van der Waals surface area contributed by atoms with Gasteiger partial charge < -0.3 is 10.5 Å². The normalized spacial score (nSPS) is 10.1. The van der Waals surface area contributed by atoms with Crippen LogP contribution in [0, 0.1) is 0 Å². The van der Waals surface area contributed by atoms with E-state index in [-0.39, 0.29) is 5.78 Å². The monoisotopic (exact) mass is 306 g/mol. The predicted molar refractivity (Wildman–Crippen MR) is 72.9 cm³/mol. The van der Waals surface area contributed by atoms with Crippen LogP contribution in [0.1, 0.15) is 17.3 Å². The Labute approximate surface area is 113 Å². The van der Waals surface area contributed by atoms with Gasteiger partial charge in [0.2, 0.25) is 0 Å². The molecule has 0 unspecified atom stereocenters. The first-order valence-corrected chi connectivity index (χ1v) is 6.04. The lowest BCUT2D eigenvalue weighted by Crippen LogP contribution is -1.99. The summed E-state index contributed by atoms with van der Waals surface area (Å²) in [6.07, 6.45) is 3.26. The van der Waals surface area contributed by atoms with E-state index in [9.17, 15) is 4.79 Å². The number of ketones is 1. The SMILES string of the molecule is CC(=O)c1ccc(Oc2cncc(Br)c2)cc1N. The Morgan fingerprint density at radius 3 is 2.67 bits per heavy atom. The van der Waals surface area contributed by atoms with Gasteiger partial charge in [0.05, 0.1) is 6.20 Å². The standard InChI is InChI=1S/C13H11BrN2O2/c1-8(17)12-3-2-10(5-13(12)15)18-11-4-9(14)6-16-7-11/h2-7H,15H2,1H3. The molecule has 0 fully saturated rings. The van der Waals surface area contributed by atoms with E-state index in [1.807, 2.05) is 0 Å². The number of nitrogens with two attached hydrogens (primary N) is 1. The van der Waals surface area contributed by atoms with Crippen molar-refractivity contribution in [2.75, 3.05) is 5.73 Å². The van der Waals surface area contributed by atoms with Crippen molar-refractivity contribution >= 4 is 27.4 Å². The van der Waals surface area contributed by atoms with Gasteiger partial charge in [0.1, 0.15) is 11.5 Å². The molecule has 1 heterocycles. The molecule has 1 aromatic carbocycles. The van der Waals surface area contributed by atoms with E-state index < -0.39 is 0 Å². The van der Waals surface area contributed by atoms with Crippen molar-refractivity contribution in [1.29, 1.82) is 0 Å². The number of ether oxygens (including phenoxy) is 1. The number of benzene rings is 1. The number of rotatable bonds is 3. The zero-order valence-corrected chi connectivity index (χ0v) is 11.3. The summed E-state index contributed by atoms with van der Waals surface area (Å²) in [4.78, 5) is 15.2. The zero-order valence-electron chi connectivity index (χ0n) is 9.68. The summed E-state index contributed by atoms with van der Waals surface area (Å²) in [6.45, 7) is 1.48. The number of halogens is 1. The fourth-order valence-electron chi connectivity index (χ4n) is 1.51. The Balaban J connectivity index is 2.25. The lowest BCUT2D eigenvalue weighted by atomic mass is 10.1. The summed E-state index contributed by atoms with van der Waals surface area (Å²) in [6, 6.07) is 6.77. The van der Waals surface area contributed by atoms with Gasteiger partial charge in [0.15, 0.2) is 5.78 Å². The van der Waals surface area contributed by atoms with Crippen LogP contribution in [-0.2, 0) is 0 Å². The maximum atomic E-state index is 11.2. The lowest BCUT2D eigenvalue weighted by molar-refractivity contribution is 0.101. The molecule has 18 heavy (non-hydrogen) atoms. The van der Waals surface area contributed by atoms with Crippen molar-refractivity contribution in [3.8, 4) is 11.5 Å². The minimum Gasteiger partial charge on any atom is -0.456 e. The molecule has 0 amide bonds. The van der Waals surface area contributed by atoms with Crippen molar-refractivity contribution in [3.05, 3.63) is 46.7 Å². The summed E-state index contributed by atoms with van der Waals surface area (Å²) >= 11 is 3.31. The van der Waals surface area contributed by atoms with Gasteiger partial charge in [-0.3, -0.25) is 9.78 Å². The fourth-order valence-corrected chi connectivity index (χ4v) is 1.85. The lowest BCUT2D eigenvalue weighted by Gasteiger charge is -2.08. The van der Waals surface area contributed by atoms with Crippen molar-refractivity contribution in [1.82, 2.24) is 4.98 Å². The molecule has 0 aliphatic rings. The summed E-state index contributed by atoms with van der Waals surface area (Å²) in [7, 11) is 0. The highest BCUT2D eigenvalue weighted by molar-refractivity contribution is 9.10. The summed E-state index contributed by atoms with van der Waals surface area (Å²) < 4.78 is 6.42. The van der Waals surface area contributed by atoms with E-state index in [0.717, 1.165) is 4.47 Å². The zero-order chi connectivity index (χ0) is 13.1. The number of nitrogen functional groups attached to an aromatic ring is 1. The first kappa shape index (κ1) is 12.6. The van der Waals surface area contributed by atoms with E-state index >= 15 is 0 Å². The van der Waals surface area contributed by atoms with E-state index in [4.69, 9.17) is 10.5 Å². The number of anilines is 1.